The minimum Gasteiger partial charge on any atom is -0.493 e. The molecular weight excluding hydrogens is 513 g/mol. The maximum absolute atomic E-state index is 14.0. The Morgan fingerprint density at radius 3 is 2.45 bits per heavy atom. The minimum absolute atomic E-state index is 0.00705. The van der Waals surface area contributed by atoms with E-state index >= 15 is 0 Å². The Morgan fingerprint density at radius 1 is 1.03 bits per heavy atom. The second-order valence-corrected chi connectivity index (χ2v) is 11.1. The van der Waals surface area contributed by atoms with Crippen molar-refractivity contribution in [1.29, 1.82) is 0 Å². The molecule has 0 bridgehead atoms. The minimum atomic E-state index is -4.59. The van der Waals surface area contributed by atoms with Crippen LogP contribution in [0, 0.1) is 11.8 Å². The fourth-order valence-electron chi connectivity index (χ4n) is 5.42. The van der Waals surface area contributed by atoms with E-state index < -0.39 is 16.5 Å². The highest BCUT2D eigenvalue weighted by Gasteiger charge is 2.59. The first-order chi connectivity index (χ1) is 18.2. The molecule has 0 aromatic heterocycles. The molecule has 5 nitrogen and oxygen atoms in total. The van der Waals surface area contributed by atoms with E-state index in [1.807, 2.05) is 18.2 Å². The van der Waals surface area contributed by atoms with Crippen LogP contribution in [0.3, 0.4) is 0 Å². The van der Waals surface area contributed by atoms with E-state index in [9.17, 15) is 18.0 Å². The van der Waals surface area contributed by atoms with Crippen molar-refractivity contribution in [3.05, 3.63) is 59.2 Å². The van der Waals surface area contributed by atoms with Crippen molar-refractivity contribution >= 4 is 17.5 Å². The van der Waals surface area contributed by atoms with E-state index in [1.54, 1.807) is 19.2 Å². The summed E-state index contributed by atoms with van der Waals surface area (Å²) in [6.07, 6.45) is 1.69. The van der Waals surface area contributed by atoms with Crippen LogP contribution in [0.2, 0.25) is 0 Å². The number of hydrogen-bond donors (Lipinski definition) is 0. The van der Waals surface area contributed by atoms with Crippen LogP contribution in [-0.4, -0.2) is 31.1 Å². The molecule has 38 heavy (non-hydrogen) atoms. The number of azo groups is 1. The quantitative estimate of drug-likeness (QED) is 0.372. The lowest BCUT2D eigenvalue weighted by atomic mass is 9.69. The van der Waals surface area contributed by atoms with Gasteiger partial charge in [-0.15, -0.1) is 0 Å². The van der Waals surface area contributed by atoms with Gasteiger partial charge in [-0.25, -0.2) is 0 Å². The third kappa shape index (κ3) is 5.15. The highest BCUT2D eigenvalue weighted by molar-refractivity contribution is 8.00. The van der Waals surface area contributed by atoms with Gasteiger partial charge in [0.25, 0.3) is 0 Å². The van der Waals surface area contributed by atoms with E-state index in [2.05, 4.69) is 22.1 Å². The monoisotopic (exact) mass is 542 g/mol. The Bertz CT molecular complexity index is 1280. The third-order valence-electron chi connectivity index (χ3n) is 7.60. The number of nitrogens with zero attached hydrogens (tertiary/aromatic N) is 2. The average molecular weight is 543 g/mol. The summed E-state index contributed by atoms with van der Waals surface area (Å²) >= 11 is 0.649. The third-order valence-corrected chi connectivity index (χ3v) is 8.81. The molecule has 9 heteroatoms. The number of halogens is 3. The van der Waals surface area contributed by atoms with Gasteiger partial charge in [0.1, 0.15) is 11.7 Å². The molecule has 2 fully saturated rings. The van der Waals surface area contributed by atoms with Gasteiger partial charge in [-0.3, -0.25) is 4.79 Å². The van der Waals surface area contributed by atoms with Gasteiger partial charge in [0.05, 0.1) is 18.6 Å². The number of methoxy groups -OCH3 is 1. The zero-order valence-electron chi connectivity index (χ0n) is 21.1. The van der Waals surface area contributed by atoms with E-state index in [-0.39, 0.29) is 23.3 Å². The van der Waals surface area contributed by atoms with Crippen molar-refractivity contribution in [3.63, 3.8) is 0 Å². The molecular formula is C29H29F3N2O3S. The van der Waals surface area contributed by atoms with Gasteiger partial charge in [-0.2, -0.15) is 23.4 Å². The summed E-state index contributed by atoms with van der Waals surface area (Å²) in [7, 11) is 1.61. The fourth-order valence-corrected chi connectivity index (χ4v) is 6.29. The summed E-state index contributed by atoms with van der Waals surface area (Å²) in [5.41, 5.74) is 0.760. The number of ketones is 1. The van der Waals surface area contributed by atoms with E-state index in [0.29, 0.717) is 54.5 Å². The standard InChI is InChI=1S/C29H29F3N2O3S/c1-36-25-10-9-21(18-26(25)37-24-7-2-3-8-24)27(15-12-23(35)13-16-27)14-11-20-5-4-6-22(17-20)28(29(30,31)32)34-33-19-38-28/h4-6,9-10,17-18,24H,2-3,7-8,12-13,15-16,19H2,1H3. The molecule has 1 aliphatic heterocycles. The SMILES string of the molecule is COc1ccc(C2(C#Cc3cccc(C4(C(F)(F)F)N=NCS4)c3)CCC(=O)CC2)cc1OC1CCCC1. The highest BCUT2D eigenvalue weighted by atomic mass is 32.2. The zero-order chi connectivity index (χ0) is 26.8. The van der Waals surface area contributed by atoms with Crippen LogP contribution >= 0.6 is 11.8 Å². The van der Waals surface area contributed by atoms with Crippen molar-refractivity contribution in [2.45, 2.75) is 73.9 Å². The molecule has 2 saturated carbocycles. The van der Waals surface area contributed by atoms with Gasteiger partial charge in [-0.05, 0) is 68.4 Å². The molecule has 1 unspecified atom stereocenters. The number of Topliss-reactive ketones (excluding diaryl/α,β-unsaturated/α-hetero) is 1. The molecule has 1 atom stereocenters. The van der Waals surface area contributed by atoms with Crippen LogP contribution in [0.15, 0.2) is 52.7 Å². The summed E-state index contributed by atoms with van der Waals surface area (Å²) in [6.45, 7) is 0. The normalized spacial score (nSPS) is 23.2. The first kappa shape index (κ1) is 26.6. The molecule has 0 saturated heterocycles. The highest BCUT2D eigenvalue weighted by Crippen LogP contribution is 2.53. The zero-order valence-corrected chi connectivity index (χ0v) is 22.0. The van der Waals surface area contributed by atoms with Crippen LogP contribution in [-0.2, 0) is 15.1 Å². The lowest BCUT2D eigenvalue weighted by Crippen LogP contribution is -2.36. The van der Waals surface area contributed by atoms with Crippen LogP contribution in [0.4, 0.5) is 13.2 Å². The predicted octanol–water partition coefficient (Wildman–Crippen LogP) is 7.32. The number of hydrogen-bond acceptors (Lipinski definition) is 6. The van der Waals surface area contributed by atoms with Crippen molar-refractivity contribution in [2.24, 2.45) is 10.2 Å². The molecule has 5 rings (SSSR count). The Hall–Kier alpha value is -2.99. The van der Waals surface area contributed by atoms with Crippen molar-refractivity contribution in [2.75, 3.05) is 13.0 Å². The van der Waals surface area contributed by atoms with Crippen LogP contribution < -0.4 is 9.47 Å². The van der Waals surface area contributed by atoms with Crippen molar-refractivity contribution in [1.82, 2.24) is 0 Å². The van der Waals surface area contributed by atoms with E-state index in [1.165, 1.54) is 12.1 Å². The van der Waals surface area contributed by atoms with Gasteiger partial charge in [0.15, 0.2) is 11.5 Å². The topological polar surface area (TPSA) is 60.2 Å². The smallest absolute Gasteiger partial charge is 0.429 e. The van der Waals surface area contributed by atoms with Crippen molar-refractivity contribution in [3.8, 4) is 23.3 Å². The number of ether oxygens (including phenoxy) is 2. The maximum atomic E-state index is 14.0. The summed E-state index contributed by atoms with van der Waals surface area (Å²) in [4.78, 5) is 9.74. The molecule has 0 spiro atoms. The second kappa shape index (κ2) is 10.6. The van der Waals surface area contributed by atoms with Gasteiger partial charge in [-0.1, -0.05) is 41.8 Å². The molecule has 2 aromatic carbocycles. The molecule has 2 aromatic rings. The summed E-state index contributed by atoms with van der Waals surface area (Å²) < 4.78 is 53.9. The van der Waals surface area contributed by atoms with Gasteiger partial charge < -0.3 is 9.47 Å². The van der Waals surface area contributed by atoms with Crippen molar-refractivity contribution < 1.29 is 27.4 Å². The lowest BCUT2D eigenvalue weighted by molar-refractivity contribution is -0.160. The van der Waals surface area contributed by atoms with Gasteiger partial charge in [0, 0.05) is 24.0 Å². The summed E-state index contributed by atoms with van der Waals surface area (Å²) in [5.74, 6) is 7.96. The Labute approximate surface area is 224 Å². The largest absolute Gasteiger partial charge is 0.493 e. The molecule has 0 N–H and O–H groups in total. The van der Waals surface area contributed by atoms with Gasteiger partial charge >= 0.3 is 6.18 Å². The van der Waals surface area contributed by atoms with E-state index in [4.69, 9.17) is 9.47 Å². The molecule has 200 valence electrons. The van der Waals surface area contributed by atoms with Crippen LogP contribution in [0.1, 0.15) is 68.1 Å². The molecule has 2 aliphatic carbocycles. The summed E-state index contributed by atoms with van der Waals surface area (Å²) in [5, 5.41) is 7.21. The number of alkyl halides is 3. The number of benzene rings is 2. The van der Waals surface area contributed by atoms with E-state index in [0.717, 1.165) is 31.2 Å². The average Bonchev–Trinajstić information content (AvgIpc) is 3.62. The maximum Gasteiger partial charge on any atom is 0.429 e. The van der Waals surface area contributed by atoms with Gasteiger partial charge in [0.2, 0.25) is 4.87 Å². The number of carbonyl (C=O) groups is 1. The number of thioether (sulfide) groups is 1. The van der Waals surface area contributed by atoms with Crippen LogP contribution in [0.5, 0.6) is 11.5 Å². The molecule has 1 heterocycles. The molecule has 0 amide bonds. The summed E-state index contributed by atoms with van der Waals surface area (Å²) in [6, 6.07) is 11.9. The lowest BCUT2D eigenvalue weighted by Gasteiger charge is -2.33. The number of carbonyl (C=O) groups excluding carboxylic acids is 1. The Balaban J connectivity index is 1.51. The first-order valence-electron chi connectivity index (χ1n) is 12.8. The second-order valence-electron chi connectivity index (χ2n) is 10.00. The Kier molecular flexibility index (Phi) is 7.45. The predicted molar refractivity (Wildman–Crippen MR) is 139 cm³/mol. The fraction of sp³-hybridized carbons (Fsp3) is 0.483. The number of rotatable bonds is 5. The molecule has 0 radical (unpaired) electrons. The Morgan fingerprint density at radius 2 is 1.79 bits per heavy atom. The first-order valence-corrected chi connectivity index (χ1v) is 13.8. The molecule has 3 aliphatic rings. The van der Waals surface area contributed by atoms with Crippen LogP contribution in [0.25, 0.3) is 0 Å².